The molecule has 0 bridgehead atoms. The van der Waals surface area contributed by atoms with E-state index in [4.69, 9.17) is 14.4 Å². The molecule has 0 spiro atoms. The van der Waals surface area contributed by atoms with Crippen LogP contribution in [0.4, 0.5) is 0 Å². The highest BCUT2D eigenvalue weighted by molar-refractivity contribution is 6.26. The van der Waals surface area contributed by atoms with Gasteiger partial charge in [-0.3, -0.25) is 4.57 Å². The SMILES string of the molecule is CC1C=Cc2c(-c3ccccc3)cc3c(c2C1)c1c2ccccc2c(-c2ccccc2)cc1n3-c1nc(-c2ccc3c(c2)oc2ccc4ccccc4c23)c2ccccc2n1. The molecule has 9 aromatic carbocycles. The Balaban J connectivity index is 1.16. The summed E-state index contributed by atoms with van der Waals surface area (Å²) in [4.78, 5) is 11.1. The van der Waals surface area contributed by atoms with Gasteiger partial charge in [-0.25, -0.2) is 9.97 Å². The zero-order chi connectivity index (χ0) is 40.2. The number of aromatic nitrogens is 3. The molecule has 1 aliphatic carbocycles. The van der Waals surface area contributed by atoms with Gasteiger partial charge in [0, 0.05) is 32.5 Å². The number of benzene rings is 9. The molecule has 0 saturated carbocycles. The van der Waals surface area contributed by atoms with Crippen molar-refractivity contribution in [3.63, 3.8) is 0 Å². The van der Waals surface area contributed by atoms with Crippen LogP contribution < -0.4 is 0 Å². The lowest BCUT2D eigenvalue weighted by atomic mass is 9.83. The maximum absolute atomic E-state index is 6.61. The van der Waals surface area contributed by atoms with Gasteiger partial charge >= 0.3 is 0 Å². The molecule has 0 radical (unpaired) electrons. The molecule has 3 aromatic heterocycles. The van der Waals surface area contributed by atoms with Crippen molar-refractivity contribution < 1.29 is 4.42 Å². The first-order valence-electron chi connectivity index (χ1n) is 21.1. The number of rotatable bonds is 4. The third-order valence-corrected chi connectivity index (χ3v) is 12.9. The fourth-order valence-electron chi connectivity index (χ4n) is 10.2. The quantitative estimate of drug-likeness (QED) is 0.179. The number of fused-ring (bicyclic) bond motifs is 13. The van der Waals surface area contributed by atoms with Crippen molar-refractivity contribution >= 4 is 82.3 Å². The topological polar surface area (TPSA) is 43.9 Å². The molecule has 12 aromatic rings. The summed E-state index contributed by atoms with van der Waals surface area (Å²) in [5.41, 5.74) is 14.1. The van der Waals surface area contributed by atoms with Gasteiger partial charge in [0.15, 0.2) is 0 Å². The number of hydrogen-bond donors (Lipinski definition) is 0. The van der Waals surface area contributed by atoms with E-state index in [1.54, 1.807) is 0 Å². The van der Waals surface area contributed by atoms with Crippen LogP contribution in [0.25, 0.3) is 122 Å². The Kier molecular flexibility index (Phi) is 7.31. The molecule has 0 saturated heterocycles. The number of allylic oxidation sites excluding steroid dienone is 1. The highest BCUT2D eigenvalue weighted by Crippen LogP contribution is 2.47. The Bertz CT molecular complexity index is 3800. The molecule has 4 nitrogen and oxygen atoms in total. The maximum atomic E-state index is 6.61. The molecule has 4 heteroatoms. The average molecular weight is 780 g/mol. The summed E-state index contributed by atoms with van der Waals surface area (Å²) in [5.74, 6) is 1.03. The summed E-state index contributed by atoms with van der Waals surface area (Å²) in [6.07, 6.45) is 5.66. The minimum absolute atomic E-state index is 0.393. The van der Waals surface area contributed by atoms with Gasteiger partial charge in [-0.1, -0.05) is 159 Å². The van der Waals surface area contributed by atoms with Gasteiger partial charge in [0.25, 0.3) is 0 Å². The fraction of sp³-hybridized carbons (Fsp3) is 0.0526. The summed E-state index contributed by atoms with van der Waals surface area (Å²) in [6, 6.07) is 63.0. The van der Waals surface area contributed by atoms with Crippen LogP contribution in [0, 0.1) is 5.92 Å². The first-order chi connectivity index (χ1) is 30.2. The zero-order valence-electron chi connectivity index (χ0n) is 33.4. The highest BCUT2D eigenvalue weighted by Gasteiger charge is 2.27. The molecule has 1 unspecified atom stereocenters. The van der Waals surface area contributed by atoms with Gasteiger partial charge in [-0.15, -0.1) is 0 Å². The van der Waals surface area contributed by atoms with E-state index in [9.17, 15) is 0 Å². The molecule has 61 heavy (non-hydrogen) atoms. The van der Waals surface area contributed by atoms with Crippen molar-refractivity contribution in [3.05, 3.63) is 193 Å². The van der Waals surface area contributed by atoms with Crippen LogP contribution in [0.1, 0.15) is 18.1 Å². The van der Waals surface area contributed by atoms with Crippen LogP contribution in [-0.4, -0.2) is 14.5 Å². The van der Waals surface area contributed by atoms with Crippen molar-refractivity contribution in [2.45, 2.75) is 13.3 Å². The highest BCUT2D eigenvalue weighted by atomic mass is 16.3. The van der Waals surface area contributed by atoms with Gasteiger partial charge in [0.1, 0.15) is 11.2 Å². The molecule has 1 aliphatic rings. The molecule has 0 N–H and O–H groups in total. The minimum Gasteiger partial charge on any atom is -0.456 e. The smallest absolute Gasteiger partial charge is 0.235 e. The largest absolute Gasteiger partial charge is 0.456 e. The van der Waals surface area contributed by atoms with Crippen molar-refractivity contribution in [3.8, 4) is 39.5 Å². The number of nitrogens with zero attached hydrogens (tertiary/aromatic N) is 3. The Morgan fingerprint density at radius 3 is 2.00 bits per heavy atom. The Hall–Kier alpha value is -7.82. The lowest BCUT2D eigenvalue weighted by Crippen LogP contribution is -2.07. The summed E-state index contributed by atoms with van der Waals surface area (Å²) >= 11 is 0. The average Bonchev–Trinajstić information content (AvgIpc) is 3.87. The Morgan fingerprint density at radius 2 is 1.18 bits per heavy atom. The molecular weight excluding hydrogens is 743 g/mol. The van der Waals surface area contributed by atoms with Gasteiger partial charge in [-0.2, -0.15) is 0 Å². The molecule has 0 aliphatic heterocycles. The van der Waals surface area contributed by atoms with Crippen LogP contribution in [-0.2, 0) is 6.42 Å². The predicted molar refractivity (Wildman–Crippen MR) is 254 cm³/mol. The van der Waals surface area contributed by atoms with E-state index >= 15 is 0 Å². The lowest BCUT2D eigenvalue weighted by molar-refractivity contribution is 0.669. The van der Waals surface area contributed by atoms with Gasteiger partial charge in [-0.05, 0) is 104 Å². The molecule has 13 rings (SSSR count). The third kappa shape index (κ3) is 5.12. The van der Waals surface area contributed by atoms with Crippen LogP contribution >= 0.6 is 0 Å². The van der Waals surface area contributed by atoms with Crippen molar-refractivity contribution in [2.24, 2.45) is 5.92 Å². The number of para-hydroxylation sites is 1. The van der Waals surface area contributed by atoms with Crippen molar-refractivity contribution in [2.75, 3.05) is 0 Å². The predicted octanol–water partition coefficient (Wildman–Crippen LogP) is 15.1. The zero-order valence-corrected chi connectivity index (χ0v) is 33.4. The van der Waals surface area contributed by atoms with Crippen LogP contribution in [0.3, 0.4) is 0 Å². The first-order valence-corrected chi connectivity index (χ1v) is 21.1. The molecule has 3 heterocycles. The second-order valence-corrected chi connectivity index (χ2v) is 16.5. The van der Waals surface area contributed by atoms with Crippen LogP contribution in [0.15, 0.2) is 186 Å². The third-order valence-electron chi connectivity index (χ3n) is 12.9. The molecule has 286 valence electrons. The monoisotopic (exact) mass is 779 g/mol. The van der Waals surface area contributed by atoms with Gasteiger partial charge in [0.05, 0.1) is 22.2 Å². The summed E-state index contributed by atoms with van der Waals surface area (Å²) < 4.78 is 8.96. The summed E-state index contributed by atoms with van der Waals surface area (Å²) in [6.45, 7) is 2.32. The first kappa shape index (κ1) is 34.1. The number of furan rings is 1. The van der Waals surface area contributed by atoms with E-state index in [2.05, 4.69) is 200 Å². The van der Waals surface area contributed by atoms with E-state index in [0.717, 1.165) is 61.6 Å². The van der Waals surface area contributed by atoms with E-state index in [0.29, 0.717) is 11.9 Å². The van der Waals surface area contributed by atoms with E-state index in [-0.39, 0.29) is 0 Å². The normalized spacial score (nSPS) is 14.0. The Morgan fingerprint density at radius 1 is 0.508 bits per heavy atom. The van der Waals surface area contributed by atoms with Crippen LogP contribution in [0.5, 0.6) is 0 Å². The molecule has 0 fully saturated rings. The fourth-order valence-corrected chi connectivity index (χ4v) is 10.2. The molecule has 1 atom stereocenters. The maximum Gasteiger partial charge on any atom is 0.235 e. The van der Waals surface area contributed by atoms with Gasteiger partial charge < -0.3 is 4.42 Å². The van der Waals surface area contributed by atoms with E-state index in [1.807, 2.05) is 0 Å². The lowest BCUT2D eigenvalue weighted by Gasteiger charge is -2.21. The Labute approximate surface area is 351 Å². The van der Waals surface area contributed by atoms with E-state index < -0.39 is 0 Å². The van der Waals surface area contributed by atoms with Gasteiger partial charge in [0.2, 0.25) is 5.95 Å². The second-order valence-electron chi connectivity index (χ2n) is 16.5. The molecule has 0 amide bonds. The second kappa shape index (κ2) is 13.1. The van der Waals surface area contributed by atoms with E-state index in [1.165, 1.54) is 65.7 Å². The summed E-state index contributed by atoms with van der Waals surface area (Å²) in [7, 11) is 0. The number of hydrogen-bond acceptors (Lipinski definition) is 3. The van der Waals surface area contributed by atoms with Crippen molar-refractivity contribution in [1.82, 2.24) is 14.5 Å². The van der Waals surface area contributed by atoms with Crippen molar-refractivity contribution in [1.29, 1.82) is 0 Å². The van der Waals surface area contributed by atoms with Crippen LogP contribution in [0.2, 0.25) is 0 Å². The minimum atomic E-state index is 0.393. The summed E-state index contributed by atoms with van der Waals surface area (Å²) in [5, 5.41) is 10.6. The molecular formula is C57H37N3O. The standard InChI is InChI=1S/C57H37N3O/c1-34-24-27-41-46(36-16-6-3-7-17-36)33-50-55(47(41)30-34)54-42-21-11-10-20-40(42)45(35-14-4-2-5-15-35)32-49(54)60(50)57-58-48-23-13-12-22-43(48)56(59-57)38-25-28-44-52(31-38)61-51-29-26-37-18-8-9-19-39(37)53(44)51/h2-29,31-34H,30H2,1H3.